The third-order valence-electron chi connectivity index (χ3n) is 3.70. The zero-order valence-corrected chi connectivity index (χ0v) is 14.6. The molecule has 132 valence electrons. The molecule has 0 aliphatic heterocycles. The number of carbonyl (C=O) groups is 1. The van der Waals surface area contributed by atoms with Crippen LogP contribution in [-0.2, 0) is 9.63 Å². The van der Waals surface area contributed by atoms with Crippen LogP contribution < -0.4 is 9.47 Å². The van der Waals surface area contributed by atoms with E-state index >= 15 is 0 Å². The Labute approximate surface area is 146 Å². The van der Waals surface area contributed by atoms with Gasteiger partial charge >= 0.3 is 0 Å². The Bertz CT molecular complexity index is 771. The summed E-state index contributed by atoms with van der Waals surface area (Å²) in [5.74, 6) is 0.401. The Balaban J connectivity index is 2.57. The molecule has 0 bridgehead atoms. The number of hydroxylamine groups is 2. The normalized spacial score (nSPS) is 11.2. The molecule has 0 saturated heterocycles. The van der Waals surface area contributed by atoms with Gasteiger partial charge in [0.05, 0.1) is 21.3 Å². The highest BCUT2D eigenvalue weighted by Crippen LogP contribution is 2.33. The molecule has 0 radical (unpaired) electrons. The monoisotopic (exact) mass is 345 g/mol. The lowest BCUT2D eigenvalue weighted by molar-refractivity contribution is -0.162. The molecule has 0 heterocycles. The number of methoxy groups -OCH3 is 2. The van der Waals surface area contributed by atoms with Crippen molar-refractivity contribution >= 4 is 11.5 Å². The zero-order valence-electron chi connectivity index (χ0n) is 14.6. The van der Waals surface area contributed by atoms with Crippen LogP contribution in [0.4, 0.5) is 4.39 Å². The molecule has 5 nitrogen and oxygen atoms in total. The first-order chi connectivity index (χ1) is 12.0. The summed E-state index contributed by atoms with van der Waals surface area (Å²) in [6.45, 7) is 0. The highest BCUT2D eigenvalue weighted by atomic mass is 19.1. The van der Waals surface area contributed by atoms with E-state index in [9.17, 15) is 9.18 Å². The Kier molecular flexibility index (Phi) is 6.14. The van der Waals surface area contributed by atoms with E-state index in [2.05, 4.69) is 0 Å². The van der Waals surface area contributed by atoms with E-state index in [4.69, 9.17) is 14.3 Å². The maximum Gasteiger partial charge on any atom is 0.270 e. The standard InChI is InChI=1S/C19H20FNO4/c1-21(25-4)19(22)12-16(13-5-8-15(20)9-6-13)14-7-10-17(23-2)18(11-14)24-3/h5-12H,1-4H3/b16-12-. The highest BCUT2D eigenvalue weighted by molar-refractivity contribution is 5.98. The second-order valence-electron chi connectivity index (χ2n) is 5.15. The van der Waals surface area contributed by atoms with E-state index in [1.807, 2.05) is 0 Å². The largest absolute Gasteiger partial charge is 0.493 e. The molecule has 0 unspecified atom stereocenters. The number of amides is 1. The topological polar surface area (TPSA) is 48.0 Å². The number of ether oxygens (including phenoxy) is 2. The van der Waals surface area contributed by atoms with Crippen LogP contribution in [0.5, 0.6) is 11.5 Å². The summed E-state index contributed by atoms with van der Waals surface area (Å²) >= 11 is 0. The van der Waals surface area contributed by atoms with Gasteiger partial charge in [0.25, 0.3) is 5.91 Å². The van der Waals surface area contributed by atoms with Gasteiger partial charge in [-0.2, -0.15) is 0 Å². The SMILES string of the molecule is COc1ccc(/C(=C\C(=O)N(C)OC)c2ccc(F)cc2)cc1OC. The van der Waals surface area contributed by atoms with Crippen molar-refractivity contribution in [3.05, 3.63) is 65.5 Å². The Morgan fingerprint density at radius 1 is 0.960 bits per heavy atom. The summed E-state index contributed by atoms with van der Waals surface area (Å²) in [6, 6.07) is 11.2. The van der Waals surface area contributed by atoms with E-state index in [0.29, 0.717) is 22.6 Å². The van der Waals surface area contributed by atoms with Crippen molar-refractivity contribution in [3.8, 4) is 11.5 Å². The minimum absolute atomic E-state index is 0.350. The van der Waals surface area contributed by atoms with Crippen molar-refractivity contribution in [2.45, 2.75) is 0 Å². The van der Waals surface area contributed by atoms with Crippen molar-refractivity contribution in [1.82, 2.24) is 5.06 Å². The van der Waals surface area contributed by atoms with E-state index in [-0.39, 0.29) is 11.7 Å². The second kappa shape index (κ2) is 8.30. The van der Waals surface area contributed by atoms with Crippen LogP contribution in [0.15, 0.2) is 48.5 Å². The van der Waals surface area contributed by atoms with Crippen LogP contribution in [0.1, 0.15) is 11.1 Å². The number of nitrogens with zero attached hydrogens (tertiary/aromatic N) is 1. The lowest BCUT2D eigenvalue weighted by Gasteiger charge is -2.15. The summed E-state index contributed by atoms with van der Waals surface area (Å²) in [7, 11) is 5.99. The first-order valence-electron chi connectivity index (χ1n) is 7.52. The second-order valence-corrected chi connectivity index (χ2v) is 5.15. The number of halogens is 1. The molecule has 0 spiro atoms. The zero-order chi connectivity index (χ0) is 18.4. The average molecular weight is 345 g/mol. The van der Waals surface area contributed by atoms with Gasteiger partial charge in [0.15, 0.2) is 11.5 Å². The molecule has 0 atom stereocenters. The van der Waals surface area contributed by atoms with Crippen molar-refractivity contribution in [2.24, 2.45) is 0 Å². The van der Waals surface area contributed by atoms with Crippen molar-refractivity contribution in [1.29, 1.82) is 0 Å². The van der Waals surface area contributed by atoms with Gasteiger partial charge in [0.1, 0.15) is 5.82 Å². The lowest BCUT2D eigenvalue weighted by Crippen LogP contribution is -2.23. The highest BCUT2D eigenvalue weighted by Gasteiger charge is 2.14. The van der Waals surface area contributed by atoms with Gasteiger partial charge in [-0.15, -0.1) is 0 Å². The Morgan fingerprint density at radius 3 is 2.12 bits per heavy atom. The van der Waals surface area contributed by atoms with Crippen LogP contribution in [0.2, 0.25) is 0 Å². The molecule has 0 saturated carbocycles. The van der Waals surface area contributed by atoms with E-state index in [1.165, 1.54) is 39.5 Å². The van der Waals surface area contributed by atoms with Crippen LogP contribution in [0.3, 0.4) is 0 Å². The number of hydrogen-bond donors (Lipinski definition) is 0. The third kappa shape index (κ3) is 4.36. The first-order valence-corrected chi connectivity index (χ1v) is 7.52. The number of hydrogen-bond acceptors (Lipinski definition) is 4. The Morgan fingerprint density at radius 2 is 1.56 bits per heavy atom. The molecule has 1 amide bonds. The van der Waals surface area contributed by atoms with E-state index in [1.54, 1.807) is 37.4 Å². The molecule has 0 aromatic heterocycles. The van der Waals surface area contributed by atoms with Gasteiger partial charge in [-0.1, -0.05) is 18.2 Å². The number of carbonyl (C=O) groups excluding carboxylic acids is 1. The maximum absolute atomic E-state index is 13.3. The average Bonchev–Trinajstić information content (AvgIpc) is 2.65. The molecule has 0 aliphatic carbocycles. The molecule has 6 heteroatoms. The molecule has 0 N–H and O–H groups in total. The fourth-order valence-electron chi connectivity index (χ4n) is 2.27. The molecule has 0 aliphatic rings. The molecule has 2 aromatic carbocycles. The fraction of sp³-hybridized carbons (Fsp3) is 0.211. The van der Waals surface area contributed by atoms with Crippen molar-refractivity contribution in [3.63, 3.8) is 0 Å². The maximum atomic E-state index is 13.3. The lowest BCUT2D eigenvalue weighted by atomic mass is 9.97. The molecule has 25 heavy (non-hydrogen) atoms. The molecule has 2 aromatic rings. The smallest absolute Gasteiger partial charge is 0.270 e. The summed E-state index contributed by atoms with van der Waals surface area (Å²) in [4.78, 5) is 17.2. The minimum Gasteiger partial charge on any atom is -0.493 e. The van der Waals surface area contributed by atoms with E-state index in [0.717, 1.165) is 10.6 Å². The molecule has 0 fully saturated rings. The number of rotatable bonds is 6. The van der Waals surface area contributed by atoms with Gasteiger partial charge < -0.3 is 9.47 Å². The quantitative estimate of drug-likeness (QED) is 0.595. The summed E-state index contributed by atoms with van der Waals surface area (Å²) in [5.41, 5.74) is 2.02. The van der Waals surface area contributed by atoms with Crippen LogP contribution >= 0.6 is 0 Å². The van der Waals surface area contributed by atoms with Crippen molar-refractivity contribution < 1.29 is 23.5 Å². The predicted octanol–water partition coefficient (Wildman–Crippen LogP) is 3.29. The van der Waals surface area contributed by atoms with Crippen LogP contribution in [-0.4, -0.2) is 39.3 Å². The van der Waals surface area contributed by atoms with Crippen molar-refractivity contribution in [2.75, 3.05) is 28.4 Å². The third-order valence-corrected chi connectivity index (χ3v) is 3.70. The van der Waals surface area contributed by atoms with Gasteiger partial charge in [-0.05, 0) is 41.0 Å². The van der Waals surface area contributed by atoms with Crippen LogP contribution in [0, 0.1) is 5.82 Å². The molecule has 2 rings (SSSR count). The van der Waals surface area contributed by atoms with Gasteiger partial charge in [0.2, 0.25) is 0 Å². The van der Waals surface area contributed by atoms with Gasteiger partial charge in [-0.3, -0.25) is 9.63 Å². The number of benzene rings is 2. The van der Waals surface area contributed by atoms with E-state index < -0.39 is 0 Å². The van der Waals surface area contributed by atoms with Gasteiger partial charge in [0, 0.05) is 13.1 Å². The molecular weight excluding hydrogens is 325 g/mol. The summed E-state index contributed by atoms with van der Waals surface area (Å²) < 4.78 is 23.8. The van der Waals surface area contributed by atoms with Gasteiger partial charge in [-0.25, -0.2) is 9.45 Å². The molecular formula is C19H20FNO4. The fourth-order valence-corrected chi connectivity index (χ4v) is 2.27. The predicted molar refractivity (Wildman–Crippen MR) is 92.8 cm³/mol. The summed E-state index contributed by atoms with van der Waals surface area (Å²) in [5, 5.41) is 1.10. The first kappa shape index (κ1) is 18.5. The Hall–Kier alpha value is -2.86. The summed E-state index contributed by atoms with van der Waals surface area (Å²) in [6.07, 6.45) is 1.43. The number of likely N-dealkylation sites (N-methyl/N-ethyl adjacent to an activating group) is 1. The van der Waals surface area contributed by atoms with Crippen LogP contribution in [0.25, 0.3) is 5.57 Å². The minimum atomic E-state index is -0.351.